The van der Waals surface area contributed by atoms with Crippen molar-refractivity contribution in [2.75, 3.05) is 0 Å². The van der Waals surface area contributed by atoms with E-state index in [4.69, 9.17) is 9.26 Å². The lowest BCUT2D eigenvalue weighted by Gasteiger charge is -2.48. The summed E-state index contributed by atoms with van der Waals surface area (Å²) < 4.78 is 10.9. The summed E-state index contributed by atoms with van der Waals surface area (Å²) in [5.74, 6) is 1.08. The van der Waals surface area contributed by atoms with Gasteiger partial charge in [0.1, 0.15) is 11.4 Å². The molecule has 2 amide bonds. The third-order valence-corrected chi connectivity index (χ3v) is 5.65. The fourth-order valence-corrected chi connectivity index (χ4v) is 4.33. The summed E-state index contributed by atoms with van der Waals surface area (Å²) in [6.07, 6.45) is 6.54. The van der Waals surface area contributed by atoms with Crippen molar-refractivity contribution in [2.45, 2.75) is 95.4 Å². The number of fused-ring (bicyclic) bond motifs is 2. The van der Waals surface area contributed by atoms with Crippen LogP contribution in [0.15, 0.2) is 10.6 Å². The zero-order valence-corrected chi connectivity index (χ0v) is 16.4. The number of piperidine rings is 2. The molecule has 1 unspecified atom stereocenters. The van der Waals surface area contributed by atoms with Crippen molar-refractivity contribution < 1.29 is 18.8 Å². The van der Waals surface area contributed by atoms with Gasteiger partial charge in [0.2, 0.25) is 0 Å². The first kappa shape index (κ1) is 18.3. The molecule has 0 spiro atoms. The van der Waals surface area contributed by atoms with Crippen LogP contribution in [0.1, 0.15) is 87.9 Å². The number of nitrogens with one attached hydrogen (secondary N) is 1. The maximum atomic E-state index is 12.6. The van der Waals surface area contributed by atoms with Gasteiger partial charge in [-0.25, -0.2) is 4.79 Å². The first-order valence-electron chi connectivity index (χ1n) is 10.1. The molecule has 0 radical (unpaired) electrons. The van der Waals surface area contributed by atoms with E-state index in [0.717, 1.165) is 50.7 Å². The van der Waals surface area contributed by atoms with E-state index in [0.29, 0.717) is 11.6 Å². The Morgan fingerprint density at radius 2 is 1.85 bits per heavy atom. The van der Waals surface area contributed by atoms with Gasteiger partial charge in [-0.05, 0) is 65.7 Å². The van der Waals surface area contributed by atoms with Gasteiger partial charge in [0.25, 0.3) is 5.91 Å². The van der Waals surface area contributed by atoms with E-state index < -0.39 is 5.60 Å². The zero-order valence-electron chi connectivity index (χ0n) is 16.4. The number of amides is 2. The van der Waals surface area contributed by atoms with Crippen LogP contribution < -0.4 is 5.32 Å². The van der Waals surface area contributed by atoms with Crippen LogP contribution in [0.5, 0.6) is 0 Å². The molecule has 3 aliphatic rings. The van der Waals surface area contributed by atoms with Crippen molar-refractivity contribution in [3.63, 3.8) is 0 Å². The second-order valence-electron chi connectivity index (χ2n) is 9.16. The molecule has 1 N–H and O–H groups in total. The van der Waals surface area contributed by atoms with E-state index in [2.05, 4.69) is 10.5 Å². The normalized spacial score (nSPS) is 28.0. The smallest absolute Gasteiger partial charge is 0.410 e. The van der Waals surface area contributed by atoms with Gasteiger partial charge in [0.05, 0.1) is 0 Å². The van der Waals surface area contributed by atoms with Crippen LogP contribution in [0.4, 0.5) is 4.79 Å². The van der Waals surface area contributed by atoms with E-state index in [1.807, 2.05) is 25.7 Å². The number of carbonyl (C=O) groups excluding carboxylic acids is 2. The monoisotopic (exact) mass is 375 g/mol. The molecule has 2 bridgehead atoms. The highest BCUT2D eigenvalue weighted by Crippen LogP contribution is 2.40. The molecule has 1 saturated carbocycles. The summed E-state index contributed by atoms with van der Waals surface area (Å²) in [7, 11) is 0. The van der Waals surface area contributed by atoms with Crippen molar-refractivity contribution >= 4 is 12.0 Å². The molecule has 3 atom stereocenters. The van der Waals surface area contributed by atoms with E-state index in [1.165, 1.54) is 0 Å². The Balaban J connectivity index is 1.38. The minimum absolute atomic E-state index is 0.0487. The van der Waals surface area contributed by atoms with Crippen LogP contribution >= 0.6 is 0 Å². The van der Waals surface area contributed by atoms with Gasteiger partial charge in [-0.1, -0.05) is 5.16 Å². The number of ether oxygens (including phenoxy) is 1. The SMILES string of the molecule is CC(C)(C)OC(=O)N1[C@@H]2CCC[C@H]1CC(NC(=O)c1cc(C3CC3)on1)C2. The first-order chi connectivity index (χ1) is 12.8. The summed E-state index contributed by atoms with van der Waals surface area (Å²) in [5.41, 5.74) is -0.139. The van der Waals surface area contributed by atoms with Crippen LogP contribution in [-0.2, 0) is 4.74 Å². The predicted octanol–water partition coefficient (Wildman–Crippen LogP) is 3.60. The number of hydrogen-bond donors (Lipinski definition) is 1. The molecular weight excluding hydrogens is 346 g/mol. The molecule has 3 fully saturated rings. The van der Waals surface area contributed by atoms with E-state index in [1.54, 1.807) is 6.07 Å². The van der Waals surface area contributed by atoms with Crippen LogP contribution in [0.25, 0.3) is 0 Å². The Morgan fingerprint density at radius 1 is 1.19 bits per heavy atom. The maximum Gasteiger partial charge on any atom is 0.410 e. The van der Waals surface area contributed by atoms with E-state index in [9.17, 15) is 9.59 Å². The minimum Gasteiger partial charge on any atom is -0.444 e. The Kier molecular flexibility index (Phi) is 4.64. The summed E-state index contributed by atoms with van der Waals surface area (Å²) >= 11 is 0. The summed E-state index contributed by atoms with van der Waals surface area (Å²) in [6.45, 7) is 5.67. The number of nitrogens with zero attached hydrogens (tertiary/aromatic N) is 2. The van der Waals surface area contributed by atoms with Crippen molar-refractivity contribution in [2.24, 2.45) is 0 Å². The number of hydrogen-bond acceptors (Lipinski definition) is 5. The van der Waals surface area contributed by atoms with E-state index in [-0.39, 0.29) is 30.1 Å². The lowest BCUT2D eigenvalue weighted by molar-refractivity contribution is -0.0229. The highest BCUT2D eigenvalue weighted by molar-refractivity contribution is 5.92. The second-order valence-corrected chi connectivity index (χ2v) is 9.16. The predicted molar refractivity (Wildman–Crippen MR) is 98.5 cm³/mol. The highest BCUT2D eigenvalue weighted by atomic mass is 16.6. The molecule has 7 nitrogen and oxygen atoms in total. The van der Waals surface area contributed by atoms with Crippen LogP contribution in [-0.4, -0.2) is 45.8 Å². The Hall–Kier alpha value is -2.05. The molecule has 0 aromatic carbocycles. The molecule has 1 aromatic rings. The second kappa shape index (κ2) is 6.84. The highest BCUT2D eigenvalue weighted by Gasteiger charge is 2.43. The molecule has 1 aromatic heterocycles. The molecule has 1 aliphatic carbocycles. The summed E-state index contributed by atoms with van der Waals surface area (Å²) in [4.78, 5) is 27.1. The van der Waals surface area contributed by atoms with Gasteiger partial charge in [-0.2, -0.15) is 0 Å². The summed E-state index contributed by atoms with van der Waals surface area (Å²) in [5, 5.41) is 7.03. The molecule has 148 valence electrons. The topological polar surface area (TPSA) is 84.7 Å². The molecule has 4 rings (SSSR count). The van der Waals surface area contributed by atoms with Crippen LogP contribution in [0, 0.1) is 0 Å². The molecule has 2 saturated heterocycles. The van der Waals surface area contributed by atoms with Gasteiger partial charge < -0.3 is 19.5 Å². The van der Waals surface area contributed by atoms with Crippen LogP contribution in [0.3, 0.4) is 0 Å². The summed E-state index contributed by atoms with van der Waals surface area (Å²) in [6, 6.07) is 2.06. The number of aromatic nitrogens is 1. The quantitative estimate of drug-likeness (QED) is 0.872. The number of rotatable bonds is 3. The lowest BCUT2D eigenvalue weighted by Crippen LogP contribution is -2.59. The maximum absolute atomic E-state index is 12.6. The Morgan fingerprint density at radius 3 is 2.44 bits per heavy atom. The van der Waals surface area contributed by atoms with Gasteiger partial charge in [0.15, 0.2) is 5.69 Å². The van der Waals surface area contributed by atoms with Gasteiger partial charge in [0, 0.05) is 30.1 Å². The minimum atomic E-state index is -0.497. The molecule has 3 heterocycles. The fourth-order valence-electron chi connectivity index (χ4n) is 4.33. The molecule has 7 heteroatoms. The standard InChI is InChI=1S/C20H29N3O4/c1-20(2,3)26-19(25)23-14-5-4-6-15(23)10-13(9-14)21-18(24)16-11-17(27-22-16)12-7-8-12/h11-15H,4-10H2,1-3H3,(H,21,24)/t13?,14-,15+. The average Bonchev–Trinajstić information content (AvgIpc) is 3.29. The van der Waals surface area contributed by atoms with Crippen molar-refractivity contribution in [1.82, 2.24) is 15.4 Å². The first-order valence-corrected chi connectivity index (χ1v) is 10.1. The number of carbonyl (C=O) groups is 2. The molecular formula is C20H29N3O4. The zero-order chi connectivity index (χ0) is 19.2. The third-order valence-electron chi connectivity index (χ3n) is 5.65. The van der Waals surface area contributed by atoms with E-state index >= 15 is 0 Å². The van der Waals surface area contributed by atoms with Crippen molar-refractivity contribution in [3.8, 4) is 0 Å². The average molecular weight is 375 g/mol. The fraction of sp³-hybridized carbons (Fsp3) is 0.750. The van der Waals surface area contributed by atoms with Gasteiger partial charge in [-0.3, -0.25) is 4.79 Å². The Bertz CT molecular complexity index is 705. The molecule has 2 aliphatic heterocycles. The van der Waals surface area contributed by atoms with Crippen LogP contribution in [0.2, 0.25) is 0 Å². The lowest BCUT2D eigenvalue weighted by atomic mass is 9.82. The van der Waals surface area contributed by atoms with Crippen molar-refractivity contribution in [1.29, 1.82) is 0 Å². The third kappa shape index (κ3) is 4.12. The molecule has 27 heavy (non-hydrogen) atoms. The Labute approximate surface area is 159 Å². The largest absolute Gasteiger partial charge is 0.444 e. The van der Waals surface area contributed by atoms with Gasteiger partial charge in [-0.15, -0.1) is 0 Å². The van der Waals surface area contributed by atoms with Gasteiger partial charge >= 0.3 is 6.09 Å². The van der Waals surface area contributed by atoms with Crippen molar-refractivity contribution in [3.05, 3.63) is 17.5 Å².